The molecule has 0 aliphatic heterocycles. The third-order valence-electron chi connectivity index (χ3n) is 4.63. The maximum atomic E-state index is 12.1. The maximum Gasteiger partial charge on any atom is 0.251 e. The smallest absolute Gasteiger partial charge is 0.210 e. The molecule has 1 N–H and O–H groups in total. The van der Waals surface area contributed by atoms with Gasteiger partial charge in [0, 0.05) is 11.0 Å². The fourth-order valence-electron chi connectivity index (χ4n) is 2.57. The van der Waals surface area contributed by atoms with E-state index >= 15 is 0 Å². The van der Waals surface area contributed by atoms with Crippen LogP contribution in [0.3, 0.4) is 0 Å². The van der Waals surface area contributed by atoms with Crippen LogP contribution >= 0.6 is 27.3 Å². The van der Waals surface area contributed by atoms with Crippen LogP contribution in [0.25, 0.3) is 0 Å². The van der Waals surface area contributed by atoms with Crippen molar-refractivity contribution in [1.29, 1.82) is 0 Å². The van der Waals surface area contributed by atoms with Gasteiger partial charge in [0.25, 0.3) is 10.0 Å². The van der Waals surface area contributed by atoms with E-state index in [-0.39, 0.29) is 10.8 Å². The minimum Gasteiger partial charge on any atom is -0.210 e. The van der Waals surface area contributed by atoms with E-state index in [0.717, 1.165) is 0 Å². The second-order valence-electron chi connectivity index (χ2n) is 5.90. The van der Waals surface area contributed by atoms with Gasteiger partial charge in [-0.25, -0.2) is 13.1 Å². The summed E-state index contributed by atoms with van der Waals surface area (Å²) in [6.45, 7) is 9.26. The Kier molecular flexibility index (Phi) is 3.46. The number of rotatable bonds is 4. The van der Waals surface area contributed by atoms with Crippen LogP contribution in [0.5, 0.6) is 0 Å². The van der Waals surface area contributed by atoms with Crippen LogP contribution in [0.4, 0.5) is 0 Å². The van der Waals surface area contributed by atoms with Gasteiger partial charge in [0.2, 0.25) is 0 Å². The molecule has 1 aromatic rings. The first-order valence-electron chi connectivity index (χ1n) is 5.83. The summed E-state index contributed by atoms with van der Waals surface area (Å²) in [6.07, 6.45) is 0. The van der Waals surface area contributed by atoms with Crippen LogP contribution in [0, 0.1) is 16.7 Å². The molecule has 3 nitrogen and oxygen atoms in total. The van der Waals surface area contributed by atoms with Crippen molar-refractivity contribution in [3.05, 3.63) is 15.9 Å². The van der Waals surface area contributed by atoms with Gasteiger partial charge in [0.1, 0.15) is 4.21 Å². The largest absolute Gasteiger partial charge is 0.251 e. The van der Waals surface area contributed by atoms with Crippen molar-refractivity contribution in [2.75, 3.05) is 6.54 Å². The molecule has 1 saturated carbocycles. The molecular formula is C12H18BrNO2S2. The molecule has 1 fully saturated rings. The zero-order valence-electron chi connectivity index (χ0n) is 11.0. The van der Waals surface area contributed by atoms with E-state index in [2.05, 4.69) is 48.3 Å². The highest BCUT2D eigenvalue weighted by Gasteiger charge is 2.64. The Morgan fingerprint density at radius 1 is 1.33 bits per heavy atom. The Hall–Kier alpha value is 0.0900. The molecule has 102 valence electrons. The zero-order chi connectivity index (χ0) is 13.8. The summed E-state index contributed by atoms with van der Waals surface area (Å²) in [5.74, 6) is 0.388. The van der Waals surface area contributed by atoms with Crippen LogP contribution in [0.1, 0.15) is 27.7 Å². The molecule has 0 saturated heterocycles. The number of sulfonamides is 1. The second kappa shape index (κ2) is 4.30. The molecule has 0 bridgehead atoms. The van der Waals surface area contributed by atoms with Crippen molar-refractivity contribution in [1.82, 2.24) is 4.72 Å². The fraction of sp³-hybridized carbons (Fsp3) is 0.667. The third-order valence-corrected chi connectivity index (χ3v) is 8.72. The molecule has 1 aliphatic rings. The minimum absolute atomic E-state index is 0.197. The van der Waals surface area contributed by atoms with E-state index in [4.69, 9.17) is 0 Å². The SMILES string of the molecule is CC1(C)C(CNS(=O)(=O)c2sccc2Br)C1(C)C. The van der Waals surface area contributed by atoms with E-state index in [1.165, 1.54) is 11.3 Å². The Labute approximate surface area is 121 Å². The van der Waals surface area contributed by atoms with E-state index in [0.29, 0.717) is 21.1 Å². The number of thiophene rings is 1. The molecule has 0 radical (unpaired) electrons. The molecule has 18 heavy (non-hydrogen) atoms. The van der Waals surface area contributed by atoms with E-state index in [9.17, 15) is 8.42 Å². The monoisotopic (exact) mass is 351 g/mol. The minimum atomic E-state index is -3.38. The topological polar surface area (TPSA) is 46.2 Å². The van der Waals surface area contributed by atoms with Gasteiger partial charge >= 0.3 is 0 Å². The zero-order valence-corrected chi connectivity index (χ0v) is 14.2. The van der Waals surface area contributed by atoms with Crippen molar-refractivity contribution in [2.24, 2.45) is 16.7 Å². The van der Waals surface area contributed by atoms with E-state index in [1.54, 1.807) is 11.4 Å². The van der Waals surface area contributed by atoms with Gasteiger partial charge in [-0.3, -0.25) is 0 Å². The maximum absolute atomic E-state index is 12.1. The number of nitrogens with one attached hydrogen (secondary N) is 1. The molecule has 0 unspecified atom stereocenters. The predicted octanol–water partition coefficient (Wildman–Crippen LogP) is 3.47. The summed E-state index contributed by atoms with van der Waals surface area (Å²) in [6, 6.07) is 1.75. The summed E-state index contributed by atoms with van der Waals surface area (Å²) < 4.78 is 28.0. The Bertz CT molecular complexity index is 546. The summed E-state index contributed by atoms with van der Waals surface area (Å²) in [7, 11) is -3.38. The fourth-order valence-corrected chi connectivity index (χ4v) is 6.00. The van der Waals surface area contributed by atoms with Crippen LogP contribution in [0.15, 0.2) is 20.1 Å². The molecule has 0 aromatic carbocycles. The van der Waals surface area contributed by atoms with Gasteiger partial charge in [-0.2, -0.15) is 0 Å². The van der Waals surface area contributed by atoms with E-state index < -0.39 is 10.0 Å². The van der Waals surface area contributed by atoms with Crippen molar-refractivity contribution < 1.29 is 8.42 Å². The first kappa shape index (κ1) is 14.5. The molecule has 0 spiro atoms. The Morgan fingerprint density at radius 2 is 1.89 bits per heavy atom. The standard InChI is InChI=1S/C12H18BrNO2S2/c1-11(2)9(12(11,3)4)7-14-18(15,16)10-8(13)5-6-17-10/h5-6,9,14H,7H2,1-4H3. The van der Waals surface area contributed by atoms with Gasteiger partial charge in [-0.15, -0.1) is 11.3 Å². The molecule has 1 aliphatic carbocycles. The number of halogens is 1. The lowest BCUT2D eigenvalue weighted by molar-refractivity contribution is 0.457. The molecular weight excluding hydrogens is 334 g/mol. The molecule has 6 heteroatoms. The average molecular weight is 352 g/mol. The van der Waals surface area contributed by atoms with Crippen LogP contribution in [-0.2, 0) is 10.0 Å². The van der Waals surface area contributed by atoms with Gasteiger partial charge in [0.05, 0.1) is 0 Å². The summed E-state index contributed by atoms with van der Waals surface area (Å²) in [5, 5.41) is 1.77. The summed E-state index contributed by atoms with van der Waals surface area (Å²) in [4.78, 5) is 0. The van der Waals surface area contributed by atoms with Gasteiger partial charge in [-0.1, -0.05) is 27.7 Å². The summed E-state index contributed by atoms with van der Waals surface area (Å²) >= 11 is 4.49. The molecule has 0 atom stereocenters. The molecule has 0 amide bonds. The first-order chi connectivity index (χ1) is 8.11. The number of hydrogen-bond acceptors (Lipinski definition) is 3. The lowest BCUT2D eigenvalue weighted by atomic mass is 10.0. The predicted molar refractivity (Wildman–Crippen MR) is 78.3 cm³/mol. The lowest BCUT2D eigenvalue weighted by Gasteiger charge is -2.06. The van der Waals surface area contributed by atoms with Crippen molar-refractivity contribution >= 4 is 37.3 Å². The van der Waals surface area contributed by atoms with Gasteiger partial charge in [-0.05, 0) is 44.1 Å². The van der Waals surface area contributed by atoms with E-state index in [1.807, 2.05) is 0 Å². The molecule has 1 heterocycles. The quantitative estimate of drug-likeness (QED) is 0.902. The molecule has 2 rings (SSSR count). The van der Waals surface area contributed by atoms with Crippen LogP contribution in [-0.4, -0.2) is 15.0 Å². The average Bonchev–Trinajstić information content (AvgIpc) is 2.57. The normalized spacial score (nSPS) is 22.1. The molecule has 1 aromatic heterocycles. The Morgan fingerprint density at radius 3 is 2.28 bits per heavy atom. The summed E-state index contributed by atoms with van der Waals surface area (Å²) in [5.41, 5.74) is 0.393. The highest BCUT2D eigenvalue weighted by atomic mass is 79.9. The van der Waals surface area contributed by atoms with Gasteiger partial charge in [0.15, 0.2) is 0 Å². The lowest BCUT2D eigenvalue weighted by Crippen LogP contribution is -2.26. The Balaban J connectivity index is 2.07. The van der Waals surface area contributed by atoms with Crippen molar-refractivity contribution in [2.45, 2.75) is 31.9 Å². The highest BCUT2D eigenvalue weighted by molar-refractivity contribution is 9.10. The second-order valence-corrected chi connectivity index (χ2v) is 9.64. The van der Waals surface area contributed by atoms with Gasteiger partial charge < -0.3 is 0 Å². The van der Waals surface area contributed by atoms with Crippen molar-refractivity contribution in [3.63, 3.8) is 0 Å². The number of hydrogen-bond donors (Lipinski definition) is 1. The van der Waals surface area contributed by atoms with Crippen LogP contribution in [0.2, 0.25) is 0 Å². The van der Waals surface area contributed by atoms with Crippen LogP contribution < -0.4 is 4.72 Å². The first-order valence-corrected chi connectivity index (χ1v) is 8.99. The highest BCUT2D eigenvalue weighted by Crippen LogP contribution is 2.68. The third kappa shape index (κ3) is 2.17. The van der Waals surface area contributed by atoms with Crippen molar-refractivity contribution in [3.8, 4) is 0 Å².